The smallest absolute Gasteiger partial charge is 0.748 e. The molecule has 0 spiro atoms. The zero-order chi connectivity index (χ0) is 100. The summed E-state index contributed by atoms with van der Waals surface area (Å²) in [4.78, 5) is 155. The van der Waals surface area contributed by atoms with Gasteiger partial charge in [0, 0.05) is 123 Å². The van der Waals surface area contributed by atoms with Crippen LogP contribution in [0.5, 0.6) is 0 Å². The third-order valence-electron chi connectivity index (χ3n) is 13.4. The molecule has 1 heterocycles. The molecule has 0 radical (unpaired) electrons. The third kappa shape index (κ3) is 106. The molecule has 0 saturated carbocycles. The van der Waals surface area contributed by atoms with Gasteiger partial charge in [0.05, 0.1) is 73.2 Å². The predicted octanol–water partition coefficient (Wildman–Crippen LogP) is -3.05. The molecule has 41 nitrogen and oxygen atoms in total. The molecule has 44 heteroatoms. The van der Waals surface area contributed by atoms with Gasteiger partial charge in [-0.05, 0) is 174 Å². The summed E-state index contributed by atoms with van der Waals surface area (Å²) in [6.45, 7) is 63.5. The van der Waals surface area contributed by atoms with Crippen LogP contribution in [0.15, 0.2) is 136 Å². The predicted molar refractivity (Wildman–Crippen MR) is 480 cm³/mol. The van der Waals surface area contributed by atoms with E-state index in [-0.39, 0.29) is 121 Å². The molecule has 0 aromatic rings. The van der Waals surface area contributed by atoms with Gasteiger partial charge in [-0.25, -0.2) is 8.42 Å². The summed E-state index contributed by atoms with van der Waals surface area (Å²) in [7, 11) is -0.510. The van der Waals surface area contributed by atoms with Gasteiger partial charge in [-0.2, -0.15) is 8.42 Å². The number of hydrogen-bond donors (Lipinski definition) is 18. The van der Waals surface area contributed by atoms with E-state index in [1.54, 1.807) is 25.7 Å². The fourth-order valence-corrected chi connectivity index (χ4v) is 9.20. The number of aliphatic hydroxyl groups is 5. The van der Waals surface area contributed by atoms with Crippen LogP contribution in [0.3, 0.4) is 0 Å². The number of rotatable bonds is 43. The van der Waals surface area contributed by atoms with Crippen molar-refractivity contribution in [3.8, 4) is 0 Å². The largest absolute Gasteiger partial charge is 1.00 e. The first-order valence-corrected chi connectivity index (χ1v) is 41.4. The quantitative estimate of drug-likeness (QED) is 0.0125. The van der Waals surface area contributed by atoms with Gasteiger partial charge in [-0.1, -0.05) is 72.4 Å². The van der Waals surface area contributed by atoms with Crippen molar-refractivity contribution in [2.24, 2.45) is 0 Å². The fraction of sp³-hybridized carbons (Fsp3) is 0.561. The van der Waals surface area contributed by atoms with Crippen molar-refractivity contribution in [3.63, 3.8) is 0 Å². The molecule has 1 aliphatic heterocycles. The minimum atomic E-state index is -4.35. The summed E-state index contributed by atoms with van der Waals surface area (Å²) in [5, 5.41) is 84.3. The Morgan fingerprint density at radius 1 is 0.421 bits per heavy atom. The van der Waals surface area contributed by atoms with E-state index in [4.69, 9.17) is 45.0 Å². The number of likely N-dealkylation sites (N-methyl/N-ethyl adjacent to an activating group) is 1. The van der Waals surface area contributed by atoms with Gasteiger partial charge in [-0.15, -0.1) is 0 Å². The second-order valence-electron chi connectivity index (χ2n) is 29.2. The Hall–Kier alpha value is -9.98. The number of aliphatic hydroxyl groups excluding tert-OH is 5. The fourth-order valence-electron chi connectivity index (χ4n) is 7.26. The number of amides is 11. The van der Waals surface area contributed by atoms with E-state index in [0.717, 1.165) is 44.3 Å². The summed E-state index contributed by atoms with van der Waals surface area (Å²) in [5.74, 6) is -5.64. The molecule has 18 N–H and O–H groups in total. The summed E-state index contributed by atoms with van der Waals surface area (Å²) >= 11 is 0. The van der Waals surface area contributed by atoms with Crippen molar-refractivity contribution in [2.75, 3.05) is 151 Å². The number of nitrogens with one attached hydrogen (secondary N) is 10. The minimum Gasteiger partial charge on any atom is -0.748 e. The molecule has 1 rings (SSSR count). The van der Waals surface area contributed by atoms with Crippen LogP contribution in [0.4, 0.5) is 0 Å². The number of carbonyl (C=O) groups excluding carboxylic acids is 12. The topological polar surface area (TPSA) is 631 Å². The number of Topliss-reactive ketones (excluding diaryl/α,β-unsaturated/α-hetero) is 1. The van der Waals surface area contributed by atoms with Crippen molar-refractivity contribution in [2.45, 2.75) is 151 Å². The van der Waals surface area contributed by atoms with Crippen molar-refractivity contribution in [1.29, 1.82) is 0 Å². The summed E-state index contributed by atoms with van der Waals surface area (Å²) in [6.07, 6.45) is 8.37. The minimum absolute atomic E-state index is 0. The summed E-state index contributed by atoms with van der Waals surface area (Å²) in [5.41, 5.74) is -1.58. The van der Waals surface area contributed by atoms with Crippen molar-refractivity contribution in [1.82, 2.24) is 67.9 Å². The van der Waals surface area contributed by atoms with Crippen LogP contribution >= 0.6 is 0 Å². The molecule has 126 heavy (non-hydrogen) atoms. The first kappa shape index (κ1) is 139. The van der Waals surface area contributed by atoms with E-state index < -0.39 is 103 Å². The van der Waals surface area contributed by atoms with Crippen LogP contribution in [0, 0.1) is 0 Å². The Morgan fingerprint density at radius 3 is 1.03 bits per heavy atom. The van der Waals surface area contributed by atoms with Gasteiger partial charge in [0.2, 0.25) is 65.0 Å². The Balaban J connectivity index is -0.000000129. The number of ketones is 1. The molecule has 11 amide bonds. The van der Waals surface area contributed by atoms with E-state index in [0.29, 0.717) is 88.5 Å². The first-order valence-electron chi connectivity index (χ1n) is 38.2. The number of morpholine rings is 1. The van der Waals surface area contributed by atoms with Gasteiger partial charge in [0.1, 0.15) is 11.3 Å². The van der Waals surface area contributed by atoms with Gasteiger partial charge in [-0.3, -0.25) is 71.7 Å². The molecule has 0 bridgehead atoms. The molecule has 0 unspecified atom stereocenters. The Bertz CT molecular complexity index is 3610. The molecule has 0 atom stereocenters. The number of carbonyl (C=O) groups is 14. The number of carboxylic acid groups (broad SMARTS) is 2. The number of carboxylic acids is 2. The summed E-state index contributed by atoms with van der Waals surface area (Å²) < 4.78 is 66.3. The van der Waals surface area contributed by atoms with Gasteiger partial charge in [0.25, 0.3) is 10.1 Å². The normalized spacial score (nSPS) is 10.8. The van der Waals surface area contributed by atoms with E-state index in [9.17, 15) is 88.5 Å². The molecule has 1 aliphatic rings. The van der Waals surface area contributed by atoms with Crippen LogP contribution < -0.4 is 72.0 Å². The average Bonchev–Trinajstić information content (AvgIpc) is 0.876. The molecular weight excluding hydrogens is 1690 g/mol. The molecule has 0 aromatic carbocycles. The zero-order valence-electron chi connectivity index (χ0n) is 77.2. The van der Waals surface area contributed by atoms with E-state index >= 15 is 0 Å². The van der Waals surface area contributed by atoms with Crippen LogP contribution in [-0.4, -0.2) is 333 Å². The third-order valence-corrected chi connectivity index (χ3v) is 15.6. The standard InChI is InChI=1S/C10H17NO2.C8H16N2O.2C8H15NO4S.C8H15NO4.C8H13NO2.C7H14N2O.C7H11NO3.C7H13NO2.C6H9NO3.C5H9NO2.Li/c1-7(2)9(13)11-10(4,5)6-8(3)12;1-4-8(11)9-6-5-7-10(2)3;2*1-6(2)7(10)9-8(3,4)5-14(11,12)13;1-6(2)7(13)9-8(3-10,4-11)5-12;1-7(2)8(10)9-3-5-11-6-4-9;1-4-7(10)8-5-6-9(2)3;1-2-6(9)8-5-3-4-7(10)11;1-6(2)7(10)8-4-3-5-9;1-2-5(8)7-4-3-6(9)10;1-2-5(8)6-3-4-7;/h1,6H2,2-5H3,(H,11,13);4H,1,5-7H2,2-3H3,(H,9,11);2*1,5H2,2-4H3,(H,9,10)(H,11,12,13);10-12H,1,3-5H2,2H3,(H,9,13);1,3-6H2,2H3;4H,1,5-6H2,2-3H3,(H,8,10);2H,1,3-5H2,(H,8,9)(H,10,11);9H,1,3-5H2,2H3,(H,8,10);2H,1,3-4H2,(H,7,8)(H,9,10);2,7H,1,3-4H2,(H,6,8);/q;;;;;;;;;;;+1/p-1. The monoisotopic (exact) mass is 1830 g/mol. The Morgan fingerprint density at radius 2 is 0.738 bits per heavy atom. The number of ether oxygens (including phenoxy) is 1. The molecule has 0 aromatic heterocycles. The van der Waals surface area contributed by atoms with Crippen LogP contribution in [0.2, 0.25) is 0 Å². The van der Waals surface area contributed by atoms with Crippen LogP contribution in [0.1, 0.15) is 129 Å². The van der Waals surface area contributed by atoms with Crippen molar-refractivity contribution < 1.29 is 152 Å². The van der Waals surface area contributed by atoms with Crippen LogP contribution in [-0.2, 0) is 92.1 Å². The number of hydrogen-bond acceptors (Lipinski definition) is 27. The second-order valence-corrected chi connectivity index (χ2v) is 32.1. The maximum Gasteiger partial charge on any atom is 1.00 e. The van der Waals surface area contributed by atoms with E-state index in [1.807, 2.05) is 46.9 Å². The Kier molecular flexibility index (Phi) is 89.3. The number of nitrogens with zero attached hydrogens (tertiary/aromatic N) is 3. The molecule has 720 valence electrons. The molecule has 1 saturated heterocycles. The van der Waals surface area contributed by atoms with Crippen molar-refractivity contribution in [3.05, 3.63) is 136 Å². The average molecular weight is 1830 g/mol. The molecule has 0 aliphatic carbocycles. The zero-order valence-corrected chi connectivity index (χ0v) is 78.9. The van der Waals surface area contributed by atoms with Gasteiger partial charge in [0.15, 0.2) is 0 Å². The van der Waals surface area contributed by atoms with Gasteiger partial charge >= 0.3 is 30.8 Å². The second kappa shape index (κ2) is 80.8. The SMILES string of the molecule is C=C(C)C(=O)N1CCOCC1.C=C(C)C(=O)NC(C)(C)CC(C)=O.C=C(C)C(=O)NC(C)(C)CS(=O)(=O)O.C=C(C)C(=O)NC(C)(C)CS(=O)(=O)[O-].C=C(C)C(=O)NC(CO)(CO)CO.C=C(C)C(=O)NCCCO.C=CC(=O)NCCC(=O)O.C=CC(=O)NCCCC(=O)O.C=CC(=O)NCCCN(C)C.C=CC(=O)NCCN(C)C.C=CC(=O)NCCO.[Li+]. The van der Waals surface area contributed by atoms with E-state index in [1.165, 1.54) is 67.5 Å². The summed E-state index contributed by atoms with van der Waals surface area (Å²) in [6, 6.07) is 0. The maximum absolute atomic E-state index is 11.3. The first-order chi connectivity index (χ1) is 57.2. The van der Waals surface area contributed by atoms with Crippen molar-refractivity contribution >= 4 is 103 Å². The maximum atomic E-state index is 11.3. The van der Waals surface area contributed by atoms with E-state index in [2.05, 4.69) is 130 Å². The Labute approximate surface area is 757 Å². The molecular formula is C82H146LiN13O28S2. The van der Waals surface area contributed by atoms with Gasteiger partial charge < -0.3 is 113 Å². The molecule has 1 fully saturated rings. The number of aliphatic carboxylic acids is 2. The van der Waals surface area contributed by atoms with Crippen LogP contribution in [0.25, 0.3) is 0 Å².